The summed E-state index contributed by atoms with van der Waals surface area (Å²) >= 11 is 3.28. The molecule has 0 saturated heterocycles. The molecule has 98 valence electrons. The molecular formula is C14H13BrN2O2. The first-order chi connectivity index (χ1) is 8.97. The van der Waals surface area contributed by atoms with E-state index in [1.807, 2.05) is 6.92 Å². The van der Waals surface area contributed by atoms with Crippen LogP contribution in [0, 0.1) is 13.8 Å². The summed E-state index contributed by atoms with van der Waals surface area (Å²) in [5.41, 5.74) is 2.67. The Bertz CT molecular complexity index is 641. The highest BCUT2D eigenvalue weighted by molar-refractivity contribution is 9.10. The first-order valence-corrected chi connectivity index (χ1v) is 6.49. The zero-order valence-corrected chi connectivity index (χ0v) is 12.2. The number of phenols is 1. The molecule has 0 unspecified atom stereocenters. The predicted molar refractivity (Wildman–Crippen MR) is 77.5 cm³/mol. The van der Waals surface area contributed by atoms with E-state index in [0.717, 1.165) is 10.0 Å². The van der Waals surface area contributed by atoms with Gasteiger partial charge in [0, 0.05) is 22.6 Å². The van der Waals surface area contributed by atoms with Gasteiger partial charge in [0.2, 0.25) is 0 Å². The van der Waals surface area contributed by atoms with Gasteiger partial charge in [-0.1, -0.05) is 0 Å². The van der Waals surface area contributed by atoms with E-state index in [2.05, 4.69) is 26.2 Å². The zero-order valence-electron chi connectivity index (χ0n) is 10.6. The highest BCUT2D eigenvalue weighted by Crippen LogP contribution is 2.25. The molecule has 5 heteroatoms. The van der Waals surface area contributed by atoms with Crippen molar-refractivity contribution in [2.24, 2.45) is 0 Å². The number of amides is 1. The molecule has 4 nitrogen and oxygen atoms in total. The molecule has 0 radical (unpaired) electrons. The van der Waals surface area contributed by atoms with Crippen LogP contribution in [0.1, 0.15) is 21.5 Å². The molecule has 1 heterocycles. The summed E-state index contributed by atoms with van der Waals surface area (Å²) < 4.78 is 0.749. The van der Waals surface area contributed by atoms with Crippen LogP contribution in [0.5, 0.6) is 5.75 Å². The van der Waals surface area contributed by atoms with Gasteiger partial charge in [0.25, 0.3) is 5.91 Å². The molecule has 2 aromatic rings. The van der Waals surface area contributed by atoms with Crippen molar-refractivity contribution >= 4 is 27.5 Å². The molecule has 0 bridgehead atoms. The molecule has 0 saturated carbocycles. The number of nitrogens with zero attached hydrogens (tertiary/aromatic N) is 1. The van der Waals surface area contributed by atoms with E-state index in [9.17, 15) is 9.90 Å². The lowest BCUT2D eigenvalue weighted by atomic mass is 10.1. The van der Waals surface area contributed by atoms with E-state index in [1.54, 1.807) is 31.3 Å². The van der Waals surface area contributed by atoms with Gasteiger partial charge in [-0.15, -0.1) is 0 Å². The lowest BCUT2D eigenvalue weighted by molar-refractivity contribution is 0.102. The van der Waals surface area contributed by atoms with Gasteiger partial charge in [-0.2, -0.15) is 0 Å². The minimum Gasteiger partial charge on any atom is -0.508 e. The number of hydrogen-bond donors (Lipinski definition) is 2. The summed E-state index contributed by atoms with van der Waals surface area (Å²) in [5, 5.41) is 12.4. The highest BCUT2D eigenvalue weighted by Gasteiger charge is 2.10. The van der Waals surface area contributed by atoms with E-state index in [-0.39, 0.29) is 11.7 Å². The number of carbonyl (C=O) groups excluding carboxylic acids is 1. The fourth-order valence-corrected chi connectivity index (χ4v) is 2.03. The van der Waals surface area contributed by atoms with Crippen LogP contribution >= 0.6 is 15.9 Å². The normalized spacial score (nSPS) is 10.3. The number of halogens is 1. The maximum Gasteiger partial charge on any atom is 0.257 e. The standard InChI is InChI=1S/C14H13BrN2O2/c1-8-4-13(18)9(2)3-12(8)17-14(19)10-5-11(15)7-16-6-10/h3-7,18H,1-2H3,(H,17,19). The van der Waals surface area contributed by atoms with E-state index in [0.29, 0.717) is 16.8 Å². The Morgan fingerprint density at radius 3 is 2.63 bits per heavy atom. The summed E-state index contributed by atoms with van der Waals surface area (Å²) in [5.74, 6) is -0.0124. The molecule has 0 atom stereocenters. The fourth-order valence-electron chi connectivity index (χ4n) is 1.67. The van der Waals surface area contributed by atoms with Crippen LogP contribution in [0.25, 0.3) is 0 Å². The number of carbonyl (C=O) groups is 1. The maximum absolute atomic E-state index is 12.1. The minimum atomic E-state index is -0.234. The molecule has 0 fully saturated rings. The third-order valence-corrected chi connectivity index (χ3v) is 3.19. The lowest BCUT2D eigenvalue weighted by Gasteiger charge is -2.10. The average molecular weight is 321 g/mol. The lowest BCUT2D eigenvalue weighted by Crippen LogP contribution is -2.13. The average Bonchev–Trinajstić information content (AvgIpc) is 2.36. The smallest absolute Gasteiger partial charge is 0.257 e. The number of benzene rings is 1. The number of pyridine rings is 1. The molecule has 2 N–H and O–H groups in total. The summed E-state index contributed by atoms with van der Waals surface area (Å²) in [6, 6.07) is 5.07. The Morgan fingerprint density at radius 2 is 1.95 bits per heavy atom. The Labute approximate surface area is 119 Å². The van der Waals surface area contributed by atoms with Gasteiger partial charge in [0.1, 0.15) is 5.75 Å². The molecule has 0 spiro atoms. The number of rotatable bonds is 2. The van der Waals surface area contributed by atoms with Gasteiger partial charge in [-0.3, -0.25) is 9.78 Å². The minimum absolute atomic E-state index is 0.222. The Balaban J connectivity index is 2.27. The van der Waals surface area contributed by atoms with Gasteiger partial charge < -0.3 is 10.4 Å². The largest absolute Gasteiger partial charge is 0.508 e. The van der Waals surface area contributed by atoms with Crippen LogP contribution in [0.15, 0.2) is 35.1 Å². The van der Waals surface area contributed by atoms with Crippen molar-refractivity contribution in [1.29, 1.82) is 0 Å². The van der Waals surface area contributed by atoms with E-state index >= 15 is 0 Å². The maximum atomic E-state index is 12.1. The summed E-state index contributed by atoms with van der Waals surface area (Å²) in [6.45, 7) is 3.61. The summed E-state index contributed by atoms with van der Waals surface area (Å²) in [6.07, 6.45) is 3.12. The number of aromatic nitrogens is 1. The molecule has 0 aliphatic heterocycles. The number of phenolic OH excluding ortho intramolecular Hbond substituents is 1. The first-order valence-electron chi connectivity index (χ1n) is 5.69. The molecule has 1 aromatic carbocycles. The first kappa shape index (κ1) is 13.5. The van der Waals surface area contributed by atoms with Crippen LogP contribution < -0.4 is 5.32 Å². The third kappa shape index (κ3) is 3.12. The number of nitrogens with one attached hydrogen (secondary N) is 1. The Hall–Kier alpha value is -1.88. The highest BCUT2D eigenvalue weighted by atomic mass is 79.9. The quantitative estimate of drug-likeness (QED) is 0.833. The van der Waals surface area contributed by atoms with E-state index < -0.39 is 0 Å². The molecule has 19 heavy (non-hydrogen) atoms. The second kappa shape index (κ2) is 5.40. The number of hydrogen-bond acceptors (Lipinski definition) is 3. The van der Waals surface area contributed by atoms with Gasteiger partial charge in [-0.25, -0.2) is 0 Å². The SMILES string of the molecule is Cc1cc(NC(=O)c2cncc(Br)c2)c(C)cc1O. The molecule has 0 aliphatic rings. The van der Waals surface area contributed by atoms with Crippen LogP contribution in [-0.4, -0.2) is 16.0 Å². The third-order valence-electron chi connectivity index (χ3n) is 2.76. The van der Waals surface area contributed by atoms with Crippen molar-refractivity contribution in [1.82, 2.24) is 4.98 Å². The van der Waals surface area contributed by atoms with Crippen molar-refractivity contribution in [3.63, 3.8) is 0 Å². The summed E-state index contributed by atoms with van der Waals surface area (Å²) in [4.78, 5) is 16.0. The van der Waals surface area contributed by atoms with Crippen LogP contribution in [0.2, 0.25) is 0 Å². The number of aryl methyl sites for hydroxylation is 2. The topological polar surface area (TPSA) is 62.2 Å². The van der Waals surface area contributed by atoms with Gasteiger partial charge in [0.15, 0.2) is 0 Å². The van der Waals surface area contributed by atoms with Crippen molar-refractivity contribution in [3.8, 4) is 5.75 Å². The van der Waals surface area contributed by atoms with Gasteiger partial charge in [-0.05, 0) is 59.1 Å². The van der Waals surface area contributed by atoms with Crippen LogP contribution in [0.4, 0.5) is 5.69 Å². The zero-order chi connectivity index (χ0) is 14.0. The van der Waals surface area contributed by atoms with Crippen molar-refractivity contribution in [2.45, 2.75) is 13.8 Å². The van der Waals surface area contributed by atoms with Crippen LogP contribution in [-0.2, 0) is 0 Å². The van der Waals surface area contributed by atoms with Crippen molar-refractivity contribution < 1.29 is 9.90 Å². The van der Waals surface area contributed by atoms with Crippen molar-refractivity contribution in [2.75, 3.05) is 5.32 Å². The molecule has 2 rings (SSSR count). The van der Waals surface area contributed by atoms with Gasteiger partial charge >= 0.3 is 0 Å². The molecule has 1 aromatic heterocycles. The predicted octanol–water partition coefficient (Wildman–Crippen LogP) is 3.42. The monoisotopic (exact) mass is 320 g/mol. The Kier molecular flexibility index (Phi) is 3.85. The number of aromatic hydroxyl groups is 1. The molecular weight excluding hydrogens is 308 g/mol. The van der Waals surface area contributed by atoms with Gasteiger partial charge in [0.05, 0.1) is 5.56 Å². The molecule has 1 amide bonds. The number of anilines is 1. The second-order valence-corrected chi connectivity index (χ2v) is 5.22. The van der Waals surface area contributed by atoms with E-state index in [1.165, 1.54) is 6.20 Å². The summed E-state index contributed by atoms with van der Waals surface area (Å²) in [7, 11) is 0. The fraction of sp³-hybridized carbons (Fsp3) is 0.143. The Morgan fingerprint density at radius 1 is 1.21 bits per heavy atom. The van der Waals surface area contributed by atoms with E-state index in [4.69, 9.17) is 0 Å². The van der Waals surface area contributed by atoms with Crippen molar-refractivity contribution in [3.05, 3.63) is 51.8 Å². The second-order valence-electron chi connectivity index (χ2n) is 4.30. The van der Waals surface area contributed by atoms with Crippen LogP contribution in [0.3, 0.4) is 0 Å². The molecule has 0 aliphatic carbocycles.